The Morgan fingerprint density at radius 3 is 1.58 bits per heavy atom. The predicted octanol–water partition coefficient (Wildman–Crippen LogP) is 2.02. The molecule has 0 radical (unpaired) electrons. The molecule has 0 heterocycles. The number of hydrogen-bond acceptors (Lipinski definition) is 9. The van der Waals surface area contributed by atoms with E-state index in [1.54, 1.807) is 13.8 Å². The molecule has 2 unspecified atom stereocenters. The molecule has 0 saturated carbocycles. The number of rotatable bonds is 10. The van der Waals surface area contributed by atoms with Crippen LogP contribution in [0.25, 0.3) is 0 Å². The largest absolute Gasteiger partial charge is 0.462 e. The standard InChI is InChI=1S/C10H18O5S4/c1-7(18-16)9(11)14-5-3-13-4-6-15-10(12)8(2)19-17/h7-8,16-17H,3-6H2,1-2H3. The van der Waals surface area contributed by atoms with Crippen LogP contribution in [0, 0.1) is 0 Å². The normalized spacial score (nSPS) is 13.7. The van der Waals surface area contributed by atoms with Gasteiger partial charge in [-0.05, 0) is 13.8 Å². The van der Waals surface area contributed by atoms with E-state index in [2.05, 4.69) is 23.3 Å². The topological polar surface area (TPSA) is 61.8 Å². The fraction of sp³-hybridized carbons (Fsp3) is 0.800. The smallest absolute Gasteiger partial charge is 0.319 e. The summed E-state index contributed by atoms with van der Waals surface area (Å²) in [4.78, 5) is 22.5. The van der Waals surface area contributed by atoms with E-state index in [9.17, 15) is 9.59 Å². The zero-order chi connectivity index (χ0) is 14.7. The van der Waals surface area contributed by atoms with Crippen LogP contribution in [0.1, 0.15) is 13.8 Å². The van der Waals surface area contributed by atoms with Crippen LogP contribution in [0.5, 0.6) is 0 Å². The van der Waals surface area contributed by atoms with Gasteiger partial charge in [-0.25, -0.2) is 0 Å². The van der Waals surface area contributed by atoms with E-state index in [1.807, 2.05) is 0 Å². The Balaban J connectivity index is 3.42. The predicted molar refractivity (Wildman–Crippen MR) is 84.8 cm³/mol. The van der Waals surface area contributed by atoms with E-state index in [1.165, 1.54) is 0 Å². The molecule has 0 aliphatic heterocycles. The van der Waals surface area contributed by atoms with Gasteiger partial charge in [0.05, 0.1) is 13.2 Å². The van der Waals surface area contributed by atoms with Gasteiger partial charge in [-0.2, -0.15) is 0 Å². The van der Waals surface area contributed by atoms with Gasteiger partial charge in [0, 0.05) is 0 Å². The maximum Gasteiger partial charge on any atom is 0.319 e. The van der Waals surface area contributed by atoms with Crippen LogP contribution in [-0.2, 0) is 23.8 Å². The van der Waals surface area contributed by atoms with Crippen molar-refractivity contribution in [2.45, 2.75) is 24.3 Å². The number of esters is 2. The summed E-state index contributed by atoms with van der Waals surface area (Å²) in [6.45, 7) is 4.30. The summed E-state index contributed by atoms with van der Waals surface area (Å²) in [5, 5.41) is -0.603. The SMILES string of the molecule is CC(SS)C(=O)OCCOCCOC(=O)C(C)SS. The van der Waals surface area contributed by atoms with Crippen LogP contribution in [-0.4, -0.2) is 48.9 Å². The van der Waals surface area contributed by atoms with Gasteiger partial charge in [0.25, 0.3) is 0 Å². The van der Waals surface area contributed by atoms with Crippen LogP contribution in [0.2, 0.25) is 0 Å². The Hall–Kier alpha value is 0.300. The van der Waals surface area contributed by atoms with Gasteiger partial charge >= 0.3 is 11.9 Å². The molecule has 0 aromatic carbocycles. The number of carbonyl (C=O) groups excluding carboxylic acids is 2. The molecule has 0 saturated heterocycles. The molecule has 0 rings (SSSR count). The first-order valence-electron chi connectivity index (χ1n) is 5.54. The maximum atomic E-state index is 11.2. The fourth-order valence-corrected chi connectivity index (χ4v) is 1.65. The lowest BCUT2D eigenvalue weighted by Crippen LogP contribution is -2.20. The van der Waals surface area contributed by atoms with E-state index < -0.39 is 0 Å². The maximum absolute atomic E-state index is 11.2. The molecule has 9 heteroatoms. The first-order chi connectivity index (χ1) is 9.02. The highest BCUT2D eigenvalue weighted by molar-refractivity contribution is 8.69. The minimum absolute atomic E-state index is 0.175. The summed E-state index contributed by atoms with van der Waals surface area (Å²) in [7, 11) is 2.25. The van der Waals surface area contributed by atoms with Crippen LogP contribution >= 0.6 is 44.9 Å². The van der Waals surface area contributed by atoms with Gasteiger partial charge in [-0.15, -0.1) is 23.3 Å². The summed E-state index contributed by atoms with van der Waals surface area (Å²) < 4.78 is 15.0. The molecule has 0 fully saturated rings. The molecule has 5 nitrogen and oxygen atoms in total. The Morgan fingerprint density at radius 2 is 1.26 bits per heavy atom. The second kappa shape index (κ2) is 12.1. The third-order valence-electron chi connectivity index (χ3n) is 1.92. The Kier molecular flexibility index (Phi) is 12.3. The molecule has 19 heavy (non-hydrogen) atoms. The van der Waals surface area contributed by atoms with Crippen LogP contribution in [0.15, 0.2) is 0 Å². The summed E-state index contributed by atoms with van der Waals surface area (Å²) >= 11 is 7.84. The van der Waals surface area contributed by atoms with Gasteiger partial charge < -0.3 is 14.2 Å². The van der Waals surface area contributed by atoms with E-state index in [4.69, 9.17) is 14.2 Å². The Labute approximate surface area is 131 Å². The van der Waals surface area contributed by atoms with Crippen molar-refractivity contribution in [3.05, 3.63) is 0 Å². The third-order valence-corrected chi connectivity index (χ3v) is 4.84. The molecule has 0 aliphatic carbocycles. The molecule has 0 spiro atoms. The summed E-state index contributed by atoms with van der Waals surface area (Å²) in [5.41, 5.74) is 0. The first kappa shape index (κ1) is 19.3. The van der Waals surface area contributed by atoms with Gasteiger partial charge in [0.15, 0.2) is 0 Å². The van der Waals surface area contributed by atoms with E-state index in [0.717, 1.165) is 21.6 Å². The van der Waals surface area contributed by atoms with Crippen LogP contribution in [0.3, 0.4) is 0 Å². The minimum atomic E-state index is -0.324. The number of hydrogen-bond donors (Lipinski definition) is 2. The number of ether oxygens (including phenoxy) is 3. The number of thiol groups is 2. The zero-order valence-electron chi connectivity index (χ0n) is 10.7. The monoisotopic (exact) mass is 346 g/mol. The van der Waals surface area contributed by atoms with Crippen LogP contribution < -0.4 is 0 Å². The van der Waals surface area contributed by atoms with Gasteiger partial charge in [0.2, 0.25) is 0 Å². The van der Waals surface area contributed by atoms with Crippen molar-refractivity contribution in [3.8, 4) is 0 Å². The third kappa shape index (κ3) is 9.78. The van der Waals surface area contributed by atoms with Crippen molar-refractivity contribution in [2.75, 3.05) is 26.4 Å². The molecule has 2 atom stereocenters. The molecule has 0 amide bonds. The first-order valence-corrected chi connectivity index (χ1v) is 9.40. The highest BCUT2D eigenvalue weighted by Gasteiger charge is 2.13. The summed E-state index contributed by atoms with van der Waals surface area (Å²) in [6, 6.07) is 0. The zero-order valence-corrected chi connectivity index (χ0v) is 14.2. The quantitative estimate of drug-likeness (QED) is 0.272. The van der Waals surface area contributed by atoms with Gasteiger partial charge in [0.1, 0.15) is 23.7 Å². The van der Waals surface area contributed by atoms with E-state index >= 15 is 0 Å². The Bertz CT molecular complexity index is 251. The lowest BCUT2D eigenvalue weighted by Gasteiger charge is -2.10. The van der Waals surface area contributed by atoms with E-state index in [0.29, 0.717) is 0 Å². The van der Waals surface area contributed by atoms with Gasteiger partial charge in [-0.3, -0.25) is 9.59 Å². The van der Waals surface area contributed by atoms with Crippen molar-refractivity contribution in [1.29, 1.82) is 0 Å². The second-order valence-corrected chi connectivity index (χ2v) is 6.54. The lowest BCUT2D eigenvalue weighted by atomic mass is 10.5. The fourth-order valence-electron chi connectivity index (χ4n) is 0.825. The van der Waals surface area contributed by atoms with E-state index in [-0.39, 0.29) is 48.9 Å². The molecule has 112 valence electrons. The van der Waals surface area contributed by atoms with Crippen molar-refractivity contribution in [3.63, 3.8) is 0 Å². The molecule has 0 bridgehead atoms. The molecular weight excluding hydrogens is 328 g/mol. The molecule has 0 aromatic rings. The number of carbonyl (C=O) groups is 2. The molecule has 0 aliphatic rings. The van der Waals surface area contributed by atoms with Crippen molar-refractivity contribution >= 4 is 56.8 Å². The Morgan fingerprint density at radius 1 is 0.895 bits per heavy atom. The molecular formula is C10H18O5S4. The average Bonchev–Trinajstić information content (AvgIpc) is 2.43. The summed E-state index contributed by atoms with van der Waals surface area (Å²) in [5.74, 6) is -0.649. The average molecular weight is 347 g/mol. The van der Waals surface area contributed by atoms with Gasteiger partial charge in [-0.1, -0.05) is 21.6 Å². The lowest BCUT2D eigenvalue weighted by molar-refractivity contribution is -0.145. The summed E-state index contributed by atoms with van der Waals surface area (Å²) in [6.07, 6.45) is 0. The highest BCUT2D eigenvalue weighted by Crippen LogP contribution is 2.15. The minimum Gasteiger partial charge on any atom is -0.462 e. The van der Waals surface area contributed by atoms with Crippen molar-refractivity contribution < 1.29 is 23.8 Å². The van der Waals surface area contributed by atoms with Crippen LogP contribution in [0.4, 0.5) is 0 Å². The van der Waals surface area contributed by atoms with Crippen molar-refractivity contribution in [2.24, 2.45) is 0 Å². The molecule has 0 aromatic heterocycles. The highest BCUT2D eigenvalue weighted by atomic mass is 33.1. The molecule has 0 N–H and O–H groups in total. The van der Waals surface area contributed by atoms with Crippen molar-refractivity contribution in [1.82, 2.24) is 0 Å². The second-order valence-electron chi connectivity index (χ2n) is 3.44.